The molecule has 1 saturated carbocycles. The number of rotatable bonds is 11. The summed E-state index contributed by atoms with van der Waals surface area (Å²) < 4.78 is 11.1. The predicted octanol–water partition coefficient (Wildman–Crippen LogP) is 3.69. The largest absolute Gasteiger partial charge is 0.481 e. The fraction of sp³-hybridized carbons (Fsp3) is 0.444. The first-order chi connectivity index (χ1) is 16.8. The van der Waals surface area contributed by atoms with Gasteiger partial charge in [-0.1, -0.05) is 48.5 Å². The van der Waals surface area contributed by atoms with Gasteiger partial charge in [0, 0.05) is 19.1 Å². The molecule has 186 valence electrons. The van der Waals surface area contributed by atoms with Crippen molar-refractivity contribution in [2.24, 2.45) is 5.92 Å². The molecular weight excluding hydrogens is 448 g/mol. The van der Waals surface area contributed by atoms with Crippen LogP contribution in [0.5, 0.6) is 0 Å². The van der Waals surface area contributed by atoms with Crippen LogP contribution in [0, 0.1) is 5.92 Å². The van der Waals surface area contributed by atoms with Crippen LogP contribution in [0.15, 0.2) is 48.5 Å². The van der Waals surface area contributed by atoms with Gasteiger partial charge in [0.15, 0.2) is 0 Å². The van der Waals surface area contributed by atoms with Gasteiger partial charge in [0.25, 0.3) is 0 Å². The molecule has 2 aliphatic rings. The summed E-state index contributed by atoms with van der Waals surface area (Å²) in [5.74, 6) is -1.45. The lowest BCUT2D eigenvalue weighted by atomic mass is 9.94. The van der Waals surface area contributed by atoms with E-state index in [0.717, 1.165) is 35.1 Å². The van der Waals surface area contributed by atoms with Crippen LogP contribution in [0.1, 0.15) is 50.2 Å². The zero-order chi connectivity index (χ0) is 25.0. The van der Waals surface area contributed by atoms with Crippen LogP contribution in [0.2, 0.25) is 0 Å². The molecule has 2 amide bonds. The summed E-state index contributed by atoms with van der Waals surface area (Å²) in [4.78, 5) is 37.0. The third-order valence-electron chi connectivity index (χ3n) is 6.87. The number of amides is 2. The molecule has 2 atom stereocenters. The van der Waals surface area contributed by atoms with Gasteiger partial charge in [-0.05, 0) is 54.9 Å². The number of fused-ring (bicyclic) bond motifs is 3. The maximum Gasteiger partial charge on any atom is 0.408 e. The first kappa shape index (κ1) is 24.7. The summed E-state index contributed by atoms with van der Waals surface area (Å²) in [6.07, 6.45) is 0.131. The molecule has 2 aromatic carbocycles. The van der Waals surface area contributed by atoms with Crippen LogP contribution in [0.25, 0.3) is 11.1 Å². The fourth-order valence-electron chi connectivity index (χ4n) is 4.86. The number of ether oxygens (including phenoxy) is 2. The van der Waals surface area contributed by atoms with E-state index < -0.39 is 23.7 Å². The summed E-state index contributed by atoms with van der Waals surface area (Å²) >= 11 is 0. The molecule has 3 N–H and O–H groups in total. The number of hydrogen-bond acceptors (Lipinski definition) is 5. The molecule has 2 unspecified atom stereocenters. The minimum Gasteiger partial charge on any atom is -0.481 e. The lowest BCUT2D eigenvalue weighted by Gasteiger charge is -2.30. The molecule has 0 heterocycles. The van der Waals surface area contributed by atoms with Crippen molar-refractivity contribution in [3.05, 3.63) is 59.7 Å². The Morgan fingerprint density at radius 3 is 2.20 bits per heavy atom. The number of hydrogen-bond donors (Lipinski definition) is 3. The Morgan fingerprint density at radius 2 is 1.66 bits per heavy atom. The highest BCUT2D eigenvalue weighted by molar-refractivity contribution is 5.90. The minimum absolute atomic E-state index is 0.00648. The third kappa shape index (κ3) is 5.48. The zero-order valence-electron chi connectivity index (χ0n) is 20.1. The van der Waals surface area contributed by atoms with Crippen LogP contribution in [-0.2, 0) is 19.1 Å². The number of benzene rings is 2. The van der Waals surface area contributed by atoms with E-state index in [-0.39, 0.29) is 37.3 Å². The highest BCUT2D eigenvalue weighted by Gasteiger charge is 2.49. The molecule has 4 rings (SSSR count). The Morgan fingerprint density at radius 1 is 1.06 bits per heavy atom. The van der Waals surface area contributed by atoms with Crippen molar-refractivity contribution in [3.63, 3.8) is 0 Å². The first-order valence-electron chi connectivity index (χ1n) is 12.1. The van der Waals surface area contributed by atoms with Gasteiger partial charge in [-0.15, -0.1) is 0 Å². The van der Waals surface area contributed by atoms with Gasteiger partial charge in [-0.3, -0.25) is 9.59 Å². The molecule has 1 fully saturated rings. The number of alkyl carbamates (subject to hydrolysis) is 1. The molecular formula is C27H32N2O6. The molecule has 2 aromatic rings. The van der Waals surface area contributed by atoms with E-state index in [1.165, 1.54) is 0 Å². The highest BCUT2D eigenvalue weighted by atomic mass is 16.5. The van der Waals surface area contributed by atoms with E-state index in [1.54, 1.807) is 13.8 Å². The maximum atomic E-state index is 13.1. The number of carboxylic acids is 1. The molecule has 0 spiro atoms. The van der Waals surface area contributed by atoms with Crippen LogP contribution >= 0.6 is 0 Å². The molecule has 0 aliphatic heterocycles. The summed E-state index contributed by atoms with van der Waals surface area (Å²) in [6.45, 7) is 4.00. The SMILES string of the molecule is CCOC(CNC(=O)C(C)(NC(=O)OCC1c2ccccc2-c2ccccc21)C1CC1)CC(=O)O. The highest BCUT2D eigenvalue weighted by Crippen LogP contribution is 2.44. The van der Waals surface area contributed by atoms with Gasteiger partial charge in [0.2, 0.25) is 5.91 Å². The molecule has 0 aromatic heterocycles. The Kier molecular flexibility index (Phi) is 7.40. The Labute approximate surface area is 205 Å². The summed E-state index contributed by atoms with van der Waals surface area (Å²) in [7, 11) is 0. The van der Waals surface area contributed by atoms with Crippen LogP contribution in [0.3, 0.4) is 0 Å². The summed E-state index contributed by atoms with van der Waals surface area (Å²) in [6, 6.07) is 16.2. The van der Waals surface area contributed by atoms with Crippen molar-refractivity contribution >= 4 is 18.0 Å². The van der Waals surface area contributed by atoms with E-state index in [0.29, 0.717) is 6.61 Å². The van der Waals surface area contributed by atoms with Crippen molar-refractivity contribution in [1.29, 1.82) is 0 Å². The van der Waals surface area contributed by atoms with Crippen molar-refractivity contribution in [1.82, 2.24) is 10.6 Å². The average Bonchev–Trinajstić information content (AvgIpc) is 3.65. The number of aliphatic carboxylic acids is 1. The van der Waals surface area contributed by atoms with Gasteiger partial charge < -0.3 is 25.2 Å². The van der Waals surface area contributed by atoms with Gasteiger partial charge in [-0.25, -0.2) is 4.79 Å². The first-order valence-corrected chi connectivity index (χ1v) is 12.1. The fourth-order valence-corrected chi connectivity index (χ4v) is 4.86. The average molecular weight is 481 g/mol. The van der Waals surface area contributed by atoms with Crippen molar-refractivity contribution < 1.29 is 29.0 Å². The molecule has 2 aliphatic carbocycles. The van der Waals surface area contributed by atoms with Crippen molar-refractivity contribution in [2.75, 3.05) is 19.8 Å². The normalized spacial score (nSPS) is 17.0. The molecule has 0 radical (unpaired) electrons. The van der Waals surface area contributed by atoms with Crippen molar-refractivity contribution in [3.8, 4) is 11.1 Å². The lowest BCUT2D eigenvalue weighted by Crippen LogP contribution is -2.59. The van der Waals surface area contributed by atoms with Gasteiger partial charge in [0.05, 0.1) is 12.5 Å². The smallest absolute Gasteiger partial charge is 0.408 e. The lowest BCUT2D eigenvalue weighted by molar-refractivity contribution is -0.140. The van der Waals surface area contributed by atoms with E-state index in [4.69, 9.17) is 14.6 Å². The number of carbonyl (C=O) groups is 3. The van der Waals surface area contributed by atoms with Crippen LogP contribution in [-0.4, -0.2) is 54.5 Å². The minimum atomic E-state index is -1.15. The predicted molar refractivity (Wildman–Crippen MR) is 130 cm³/mol. The Bertz CT molecular complexity index is 1050. The van der Waals surface area contributed by atoms with Gasteiger partial charge >= 0.3 is 12.1 Å². The quantitative estimate of drug-likeness (QED) is 0.452. The maximum absolute atomic E-state index is 13.1. The van der Waals surface area contributed by atoms with E-state index in [9.17, 15) is 14.4 Å². The second-order valence-corrected chi connectivity index (χ2v) is 9.31. The zero-order valence-corrected chi connectivity index (χ0v) is 20.1. The third-order valence-corrected chi connectivity index (χ3v) is 6.87. The molecule has 8 heteroatoms. The van der Waals surface area contributed by atoms with E-state index in [2.05, 4.69) is 34.9 Å². The van der Waals surface area contributed by atoms with Crippen molar-refractivity contribution in [2.45, 2.75) is 50.7 Å². The second kappa shape index (κ2) is 10.5. The van der Waals surface area contributed by atoms with Crippen LogP contribution in [0.4, 0.5) is 4.79 Å². The molecule has 0 bridgehead atoms. The standard InChI is InChI=1S/C27H32N2O6/c1-3-34-18(14-24(30)31)15-28-25(32)27(2,17-12-13-17)29-26(33)35-16-23-21-10-6-4-8-19(21)20-9-5-7-11-22(20)23/h4-11,17-18,23H,3,12-16H2,1-2H3,(H,28,32)(H,29,33)(H,30,31). The van der Waals surface area contributed by atoms with E-state index >= 15 is 0 Å². The second-order valence-electron chi connectivity index (χ2n) is 9.31. The van der Waals surface area contributed by atoms with E-state index in [1.807, 2.05) is 24.3 Å². The molecule has 8 nitrogen and oxygen atoms in total. The summed E-state index contributed by atoms with van der Waals surface area (Å²) in [5, 5.41) is 14.6. The number of carboxylic acid groups (broad SMARTS) is 1. The Balaban J connectivity index is 1.39. The van der Waals surface area contributed by atoms with Gasteiger partial charge in [0.1, 0.15) is 12.1 Å². The van der Waals surface area contributed by atoms with Crippen LogP contribution < -0.4 is 10.6 Å². The topological polar surface area (TPSA) is 114 Å². The summed E-state index contributed by atoms with van der Waals surface area (Å²) in [5.41, 5.74) is 3.37. The Hall–Kier alpha value is -3.39. The molecule has 35 heavy (non-hydrogen) atoms. The number of carbonyl (C=O) groups excluding carboxylic acids is 2. The number of nitrogens with one attached hydrogen (secondary N) is 2. The monoisotopic (exact) mass is 480 g/mol. The van der Waals surface area contributed by atoms with Gasteiger partial charge in [-0.2, -0.15) is 0 Å². The molecule has 0 saturated heterocycles.